The largest absolute Gasteiger partial charge is 0.468 e. The Morgan fingerprint density at radius 3 is 2.47 bits per heavy atom. The summed E-state index contributed by atoms with van der Waals surface area (Å²) in [5, 5.41) is 2.28. The molecule has 0 spiro atoms. The molecule has 0 saturated heterocycles. The summed E-state index contributed by atoms with van der Waals surface area (Å²) < 4.78 is 30.6. The van der Waals surface area contributed by atoms with Gasteiger partial charge in [-0.25, -0.2) is 8.78 Å². The number of halogens is 2. The Balaban J connectivity index is 2.81. The maximum atomic E-state index is 13.1. The summed E-state index contributed by atoms with van der Waals surface area (Å²) in [5.74, 6) is -2.32. The molecule has 0 amide bonds. The molecule has 82 valence electrons. The van der Waals surface area contributed by atoms with E-state index in [-0.39, 0.29) is 12.2 Å². The van der Waals surface area contributed by atoms with Gasteiger partial charge in [0.1, 0.15) is 12.2 Å². The fraction of sp³-hybridized carbons (Fsp3) is 0.222. The van der Waals surface area contributed by atoms with E-state index in [1.54, 1.807) is 0 Å². The highest BCUT2D eigenvalue weighted by Gasteiger charge is 2.11. The number of methoxy groups -OCH3 is 1. The molecule has 0 aromatic heterocycles. The highest BCUT2D eigenvalue weighted by molar-refractivity contribution is 5.75. The Morgan fingerprint density at radius 2 is 2.00 bits per heavy atom. The average Bonchev–Trinajstić information content (AvgIpc) is 2.15. The summed E-state index contributed by atoms with van der Waals surface area (Å²) in [6.07, 6.45) is 0. The second kappa shape index (κ2) is 4.59. The first-order valence-electron chi connectivity index (χ1n) is 4.09. The van der Waals surface area contributed by atoms with Gasteiger partial charge in [-0.1, -0.05) is 0 Å². The Hall–Kier alpha value is -1.85. The molecular weight excluding hydrogens is 206 g/mol. The molecule has 6 heteroatoms. The molecule has 0 fully saturated rings. The first-order valence-corrected chi connectivity index (χ1v) is 4.09. The van der Waals surface area contributed by atoms with Crippen LogP contribution in [0.1, 0.15) is 0 Å². The van der Waals surface area contributed by atoms with Crippen molar-refractivity contribution in [1.29, 1.82) is 0 Å². The number of benzene rings is 1. The Labute approximate surface area is 85.0 Å². The minimum Gasteiger partial charge on any atom is -0.468 e. The summed E-state index contributed by atoms with van der Waals surface area (Å²) in [6.45, 7) is -0.311. The van der Waals surface area contributed by atoms with Crippen LogP contribution < -0.4 is 11.1 Å². The van der Waals surface area contributed by atoms with E-state index >= 15 is 0 Å². The van der Waals surface area contributed by atoms with Gasteiger partial charge in [-0.2, -0.15) is 0 Å². The van der Waals surface area contributed by atoms with Crippen LogP contribution in [0.4, 0.5) is 20.2 Å². The third-order valence-electron chi connectivity index (χ3n) is 1.70. The zero-order valence-electron chi connectivity index (χ0n) is 8.01. The summed E-state index contributed by atoms with van der Waals surface area (Å²) in [4.78, 5) is 10.7. The summed E-state index contributed by atoms with van der Waals surface area (Å²) in [7, 11) is 1.18. The molecule has 1 aromatic rings. The predicted octanol–water partition coefficient (Wildman–Crippen LogP) is 1.13. The Morgan fingerprint density at radius 1 is 1.47 bits per heavy atom. The number of anilines is 2. The molecule has 15 heavy (non-hydrogen) atoms. The van der Waals surface area contributed by atoms with Crippen LogP contribution in [0.25, 0.3) is 0 Å². The van der Waals surface area contributed by atoms with Gasteiger partial charge in [0, 0.05) is 5.69 Å². The lowest BCUT2D eigenvalue weighted by Crippen LogP contribution is -2.16. The molecule has 4 nitrogen and oxygen atoms in total. The number of hydrogen-bond acceptors (Lipinski definition) is 4. The quantitative estimate of drug-likeness (QED) is 0.587. The van der Waals surface area contributed by atoms with Crippen LogP contribution in [-0.4, -0.2) is 19.6 Å². The lowest BCUT2D eigenvalue weighted by molar-refractivity contribution is -0.138. The SMILES string of the molecule is COC(=O)CNc1c(F)cc(N)cc1F. The first kappa shape index (κ1) is 11.2. The second-order valence-corrected chi connectivity index (χ2v) is 2.79. The third kappa shape index (κ3) is 2.80. The summed E-state index contributed by atoms with van der Waals surface area (Å²) >= 11 is 0. The molecule has 1 rings (SSSR count). The van der Waals surface area contributed by atoms with E-state index in [1.807, 2.05) is 0 Å². The topological polar surface area (TPSA) is 64.3 Å². The van der Waals surface area contributed by atoms with Gasteiger partial charge in [0.25, 0.3) is 0 Å². The van der Waals surface area contributed by atoms with Crippen LogP contribution in [0.3, 0.4) is 0 Å². The maximum absolute atomic E-state index is 13.1. The van der Waals surface area contributed by atoms with E-state index in [0.717, 1.165) is 12.1 Å². The van der Waals surface area contributed by atoms with Crippen molar-refractivity contribution in [1.82, 2.24) is 0 Å². The van der Waals surface area contributed by atoms with Gasteiger partial charge in [-0.05, 0) is 12.1 Å². The molecule has 0 heterocycles. The standard InChI is InChI=1S/C9H10F2N2O2/c1-15-8(14)4-13-9-6(10)2-5(12)3-7(9)11/h2-3,13H,4,12H2,1H3. The van der Waals surface area contributed by atoms with Gasteiger partial charge in [-0.15, -0.1) is 0 Å². The predicted molar refractivity (Wildman–Crippen MR) is 51.3 cm³/mol. The third-order valence-corrected chi connectivity index (χ3v) is 1.70. The van der Waals surface area contributed by atoms with Crippen molar-refractivity contribution in [3.05, 3.63) is 23.8 Å². The van der Waals surface area contributed by atoms with Crippen LogP contribution in [-0.2, 0) is 9.53 Å². The minimum absolute atomic E-state index is 0.0198. The number of nitrogen functional groups attached to an aromatic ring is 1. The molecule has 0 aliphatic heterocycles. The smallest absolute Gasteiger partial charge is 0.325 e. The maximum Gasteiger partial charge on any atom is 0.325 e. The van der Waals surface area contributed by atoms with E-state index in [9.17, 15) is 13.6 Å². The van der Waals surface area contributed by atoms with Gasteiger partial charge >= 0.3 is 5.97 Å². The van der Waals surface area contributed by atoms with Crippen molar-refractivity contribution in [2.75, 3.05) is 24.7 Å². The van der Waals surface area contributed by atoms with Crippen molar-refractivity contribution in [2.45, 2.75) is 0 Å². The van der Waals surface area contributed by atoms with Crippen LogP contribution in [0.15, 0.2) is 12.1 Å². The van der Waals surface area contributed by atoms with Gasteiger partial charge < -0.3 is 15.8 Å². The zero-order valence-corrected chi connectivity index (χ0v) is 8.01. The van der Waals surface area contributed by atoms with E-state index in [0.29, 0.717) is 0 Å². The number of nitrogens with two attached hydrogens (primary N) is 1. The van der Waals surface area contributed by atoms with E-state index in [4.69, 9.17) is 5.73 Å². The number of carbonyl (C=O) groups excluding carboxylic acids is 1. The highest BCUT2D eigenvalue weighted by Crippen LogP contribution is 2.21. The van der Waals surface area contributed by atoms with E-state index < -0.39 is 23.3 Å². The van der Waals surface area contributed by atoms with Crippen molar-refractivity contribution in [2.24, 2.45) is 0 Å². The van der Waals surface area contributed by atoms with Crippen molar-refractivity contribution in [3.63, 3.8) is 0 Å². The molecule has 0 radical (unpaired) electrons. The summed E-state index contributed by atoms with van der Waals surface area (Å²) in [5.41, 5.74) is 4.80. The van der Waals surface area contributed by atoms with Crippen LogP contribution in [0, 0.1) is 11.6 Å². The van der Waals surface area contributed by atoms with E-state index in [2.05, 4.69) is 10.1 Å². The number of rotatable bonds is 3. The Bertz CT molecular complexity index is 359. The number of ether oxygens (including phenoxy) is 1. The van der Waals surface area contributed by atoms with Crippen LogP contribution in [0.5, 0.6) is 0 Å². The van der Waals surface area contributed by atoms with Crippen LogP contribution >= 0.6 is 0 Å². The molecule has 0 atom stereocenters. The number of esters is 1. The molecule has 1 aromatic carbocycles. The molecule has 0 aliphatic carbocycles. The molecule has 3 N–H and O–H groups in total. The number of hydrogen-bond donors (Lipinski definition) is 2. The lowest BCUT2D eigenvalue weighted by Gasteiger charge is -2.08. The van der Waals surface area contributed by atoms with Crippen LogP contribution in [0.2, 0.25) is 0 Å². The lowest BCUT2D eigenvalue weighted by atomic mass is 10.2. The fourth-order valence-corrected chi connectivity index (χ4v) is 0.994. The number of nitrogens with one attached hydrogen (secondary N) is 1. The van der Waals surface area contributed by atoms with Gasteiger partial charge in [0.15, 0.2) is 11.6 Å². The fourth-order valence-electron chi connectivity index (χ4n) is 0.994. The second-order valence-electron chi connectivity index (χ2n) is 2.79. The molecule has 0 unspecified atom stereocenters. The first-order chi connectivity index (χ1) is 7.04. The molecule has 0 aliphatic rings. The molecule has 0 saturated carbocycles. The van der Waals surface area contributed by atoms with Gasteiger partial charge in [-0.3, -0.25) is 4.79 Å². The number of carbonyl (C=O) groups is 1. The molecule has 0 bridgehead atoms. The monoisotopic (exact) mass is 216 g/mol. The normalized spacial score (nSPS) is 9.80. The Kier molecular flexibility index (Phi) is 3.43. The van der Waals surface area contributed by atoms with Crippen molar-refractivity contribution < 1.29 is 18.3 Å². The van der Waals surface area contributed by atoms with Crippen molar-refractivity contribution in [3.8, 4) is 0 Å². The highest BCUT2D eigenvalue weighted by atomic mass is 19.1. The van der Waals surface area contributed by atoms with Crippen molar-refractivity contribution >= 4 is 17.3 Å². The summed E-state index contributed by atoms with van der Waals surface area (Å²) in [6, 6.07) is 1.92. The van der Waals surface area contributed by atoms with E-state index in [1.165, 1.54) is 7.11 Å². The minimum atomic E-state index is -0.851. The zero-order chi connectivity index (χ0) is 11.4. The van der Waals surface area contributed by atoms with Gasteiger partial charge in [0.05, 0.1) is 7.11 Å². The average molecular weight is 216 g/mol. The molecular formula is C9H10F2N2O2. The van der Waals surface area contributed by atoms with Gasteiger partial charge in [0.2, 0.25) is 0 Å².